The van der Waals surface area contributed by atoms with Gasteiger partial charge < -0.3 is 10.4 Å². The van der Waals surface area contributed by atoms with Crippen LogP contribution in [0.2, 0.25) is 0 Å². The lowest BCUT2D eigenvalue weighted by molar-refractivity contribution is 0.0246. The fourth-order valence-corrected chi connectivity index (χ4v) is 2.49. The summed E-state index contributed by atoms with van der Waals surface area (Å²) in [7, 11) is 0. The van der Waals surface area contributed by atoms with Crippen molar-refractivity contribution in [3.63, 3.8) is 0 Å². The number of hydrogen-bond donors (Lipinski definition) is 2. The summed E-state index contributed by atoms with van der Waals surface area (Å²) in [6.07, 6.45) is 7.13. The van der Waals surface area contributed by atoms with E-state index in [0.717, 1.165) is 38.5 Å². The normalized spacial score (nSPS) is 17.8. The Hall–Kier alpha value is -1.93. The van der Waals surface area contributed by atoms with E-state index in [1.807, 2.05) is 6.07 Å². The van der Waals surface area contributed by atoms with E-state index < -0.39 is 5.60 Å². The molecule has 1 aromatic heterocycles. The molecule has 1 amide bonds. The molecule has 0 spiro atoms. The van der Waals surface area contributed by atoms with Gasteiger partial charge in [-0.2, -0.15) is 5.26 Å². The number of aliphatic hydroxyl groups is 1. The van der Waals surface area contributed by atoms with Crippen LogP contribution in [0.25, 0.3) is 0 Å². The number of carbonyl (C=O) groups excluding carboxylic acids is 1. The number of nitrogens with one attached hydrogen (secondary N) is 1. The molecular weight excluding hydrogens is 254 g/mol. The molecule has 2 rings (SSSR count). The molecule has 5 heteroatoms. The first-order chi connectivity index (χ1) is 9.63. The summed E-state index contributed by atoms with van der Waals surface area (Å²) in [4.78, 5) is 15.9. The fraction of sp³-hybridized carbons (Fsp3) is 0.533. The number of carbonyl (C=O) groups is 1. The Labute approximate surface area is 118 Å². The van der Waals surface area contributed by atoms with Crippen molar-refractivity contribution in [1.29, 1.82) is 5.26 Å². The predicted octanol–water partition coefficient (Wildman–Crippen LogP) is 1.77. The molecule has 0 saturated heterocycles. The number of nitrogens with zero attached hydrogens (tertiary/aromatic N) is 2. The van der Waals surface area contributed by atoms with Crippen molar-refractivity contribution < 1.29 is 9.90 Å². The smallest absolute Gasteiger partial charge is 0.269 e. The van der Waals surface area contributed by atoms with Gasteiger partial charge in [-0.3, -0.25) is 4.79 Å². The van der Waals surface area contributed by atoms with Gasteiger partial charge in [0, 0.05) is 12.7 Å². The highest BCUT2D eigenvalue weighted by Gasteiger charge is 2.28. The van der Waals surface area contributed by atoms with Gasteiger partial charge in [0.2, 0.25) is 0 Å². The van der Waals surface area contributed by atoms with Crippen molar-refractivity contribution in [2.75, 3.05) is 6.54 Å². The molecule has 1 aliphatic rings. The van der Waals surface area contributed by atoms with Crippen LogP contribution in [0.4, 0.5) is 0 Å². The van der Waals surface area contributed by atoms with E-state index in [4.69, 9.17) is 5.26 Å². The zero-order valence-corrected chi connectivity index (χ0v) is 11.4. The molecule has 0 radical (unpaired) electrons. The maximum absolute atomic E-state index is 11.9. The molecule has 0 atom stereocenters. The summed E-state index contributed by atoms with van der Waals surface area (Å²) in [5.74, 6) is -0.313. The van der Waals surface area contributed by atoms with Crippen LogP contribution < -0.4 is 5.32 Å². The largest absolute Gasteiger partial charge is 0.388 e. The van der Waals surface area contributed by atoms with Crippen molar-refractivity contribution >= 4 is 5.91 Å². The Morgan fingerprint density at radius 3 is 2.60 bits per heavy atom. The molecule has 0 unspecified atom stereocenters. The molecule has 1 heterocycles. The van der Waals surface area contributed by atoms with Crippen LogP contribution in [-0.4, -0.2) is 28.1 Å². The molecular formula is C15H19N3O2. The van der Waals surface area contributed by atoms with E-state index in [1.54, 1.807) is 6.07 Å². The zero-order chi connectivity index (χ0) is 14.4. The Morgan fingerprint density at radius 1 is 1.35 bits per heavy atom. The molecule has 2 N–H and O–H groups in total. The Bertz CT molecular complexity index is 497. The number of aromatic nitrogens is 1. The molecule has 1 aromatic rings. The Kier molecular flexibility index (Phi) is 4.70. The second kappa shape index (κ2) is 6.49. The second-order valence-corrected chi connectivity index (χ2v) is 5.37. The van der Waals surface area contributed by atoms with E-state index >= 15 is 0 Å². The van der Waals surface area contributed by atoms with Crippen LogP contribution in [0.15, 0.2) is 18.3 Å². The number of rotatable bonds is 3. The van der Waals surface area contributed by atoms with Gasteiger partial charge in [-0.1, -0.05) is 25.7 Å². The quantitative estimate of drug-likeness (QED) is 0.822. The molecule has 1 saturated carbocycles. The van der Waals surface area contributed by atoms with Gasteiger partial charge >= 0.3 is 0 Å². The predicted molar refractivity (Wildman–Crippen MR) is 73.9 cm³/mol. The summed E-state index contributed by atoms with van der Waals surface area (Å²) in [5, 5.41) is 21.9. The first kappa shape index (κ1) is 14.5. The van der Waals surface area contributed by atoms with Gasteiger partial charge in [-0.15, -0.1) is 0 Å². The maximum atomic E-state index is 11.9. The van der Waals surface area contributed by atoms with Crippen molar-refractivity contribution in [1.82, 2.24) is 10.3 Å². The highest BCUT2D eigenvalue weighted by Crippen LogP contribution is 2.26. The summed E-state index contributed by atoms with van der Waals surface area (Å²) in [6, 6.07) is 5.03. The van der Waals surface area contributed by atoms with Crippen LogP contribution in [0.5, 0.6) is 0 Å². The number of nitriles is 1. The van der Waals surface area contributed by atoms with Crippen LogP contribution in [-0.2, 0) is 0 Å². The Morgan fingerprint density at radius 2 is 2.05 bits per heavy atom. The highest BCUT2D eigenvalue weighted by molar-refractivity contribution is 5.92. The summed E-state index contributed by atoms with van der Waals surface area (Å²) in [5.41, 5.74) is -0.108. The van der Waals surface area contributed by atoms with E-state index in [2.05, 4.69) is 10.3 Å². The van der Waals surface area contributed by atoms with Crippen LogP contribution >= 0.6 is 0 Å². The lowest BCUT2D eigenvalue weighted by Gasteiger charge is -2.26. The summed E-state index contributed by atoms with van der Waals surface area (Å²) in [6.45, 7) is 0.257. The van der Waals surface area contributed by atoms with Crippen molar-refractivity contribution in [2.24, 2.45) is 0 Å². The standard InChI is InChI=1S/C15H19N3O2/c16-9-12-5-6-13(17-10-12)14(19)18-11-15(20)7-3-1-2-4-8-15/h5-6,10,20H,1-4,7-8,11H2,(H,18,19). The molecule has 0 aliphatic heterocycles. The van der Waals surface area contributed by atoms with Gasteiger partial charge in [-0.25, -0.2) is 4.98 Å². The third-order valence-corrected chi connectivity index (χ3v) is 3.74. The topological polar surface area (TPSA) is 86.0 Å². The minimum atomic E-state index is -0.793. The summed E-state index contributed by atoms with van der Waals surface area (Å²) < 4.78 is 0. The molecule has 0 aromatic carbocycles. The zero-order valence-electron chi connectivity index (χ0n) is 11.4. The minimum absolute atomic E-state index is 0.257. The number of pyridine rings is 1. The van der Waals surface area contributed by atoms with Crippen molar-refractivity contribution in [3.05, 3.63) is 29.6 Å². The van der Waals surface area contributed by atoms with Crippen LogP contribution in [0, 0.1) is 11.3 Å². The monoisotopic (exact) mass is 273 g/mol. The second-order valence-electron chi connectivity index (χ2n) is 5.37. The molecule has 0 bridgehead atoms. The van der Waals surface area contributed by atoms with E-state index in [0.29, 0.717) is 5.56 Å². The third kappa shape index (κ3) is 3.78. The number of hydrogen-bond acceptors (Lipinski definition) is 4. The van der Waals surface area contributed by atoms with Crippen LogP contribution in [0.3, 0.4) is 0 Å². The van der Waals surface area contributed by atoms with Gasteiger partial charge in [-0.05, 0) is 25.0 Å². The van der Waals surface area contributed by atoms with Crippen LogP contribution in [0.1, 0.15) is 54.6 Å². The number of amides is 1. The molecule has 106 valence electrons. The van der Waals surface area contributed by atoms with Gasteiger partial charge in [0.1, 0.15) is 11.8 Å². The lowest BCUT2D eigenvalue weighted by atomic mass is 9.94. The van der Waals surface area contributed by atoms with Gasteiger partial charge in [0.05, 0.1) is 11.2 Å². The summed E-state index contributed by atoms with van der Waals surface area (Å²) >= 11 is 0. The first-order valence-electron chi connectivity index (χ1n) is 7.00. The van der Waals surface area contributed by atoms with Crippen molar-refractivity contribution in [3.8, 4) is 6.07 Å². The SMILES string of the molecule is N#Cc1ccc(C(=O)NCC2(O)CCCCCC2)nc1. The van der Waals surface area contributed by atoms with Gasteiger partial charge in [0.15, 0.2) is 0 Å². The fourth-order valence-electron chi connectivity index (χ4n) is 2.49. The lowest BCUT2D eigenvalue weighted by Crippen LogP contribution is -2.42. The molecule has 20 heavy (non-hydrogen) atoms. The first-order valence-corrected chi connectivity index (χ1v) is 7.00. The minimum Gasteiger partial charge on any atom is -0.388 e. The Balaban J connectivity index is 1.92. The average molecular weight is 273 g/mol. The van der Waals surface area contributed by atoms with Crippen molar-refractivity contribution in [2.45, 2.75) is 44.1 Å². The van der Waals surface area contributed by atoms with E-state index in [-0.39, 0.29) is 18.1 Å². The molecule has 5 nitrogen and oxygen atoms in total. The van der Waals surface area contributed by atoms with E-state index in [1.165, 1.54) is 12.3 Å². The third-order valence-electron chi connectivity index (χ3n) is 3.74. The average Bonchev–Trinajstić information content (AvgIpc) is 2.70. The molecule has 1 aliphatic carbocycles. The van der Waals surface area contributed by atoms with Gasteiger partial charge in [0.25, 0.3) is 5.91 Å². The highest BCUT2D eigenvalue weighted by atomic mass is 16.3. The van der Waals surface area contributed by atoms with E-state index in [9.17, 15) is 9.90 Å². The maximum Gasteiger partial charge on any atom is 0.269 e. The molecule has 1 fully saturated rings.